The van der Waals surface area contributed by atoms with Crippen LogP contribution in [0.5, 0.6) is 0 Å². The van der Waals surface area contributed by atoms with Crippen molar-refractivity contribution in [2.45, 2.75) is 39.2 Å². The fourth-order valence-corrected chi connectivity index (χ4v) is 1.56. The van der Waals surface area contributed by atoms with Crippen LogP contribution in [0.25, 0.3) is 0 Å². The Balaban J connectivity index is 2.36. The summed E-state index contributed by atoms with van der Waals surface area (Å²) >= 11 is 0. The third-order valence-corrected chi connectivity index (χ3v) is 2.38. The lowest BCUT2D eigenvalue weighted by Gasteiger charge is -2.18. The Morgan fingerprint density at radius 1 is 1.46 bits per heavy atom. The highest BCUT2D eigenvalue weighted by Gasteiger charge is 2.19. The lowest BCUT2D eigenvalue weighted by molar-refractivity contribution is 0.353. The quantitative estimate of drug-likeness (QED) is 0.660. The number of aromatic nitrogens is 2. The van der Waals surface area contributed by atoms with Crippen molar-refractivity contribution >= 4 is 5.69 Å². The maximum atomic E-state index is 4.58. The Labute approximate surface area is 79.1 Å². The highest BCUT2D eigenvalue weighted by atomic mass is 15.3. The molecule has 3 heteroatoms. The second kappa shape index (κ2) is 2.76. The maximum absolute atomic E-state index is 4.58. The predicted molar refractivity (Wildman–Crippen MR) is 54.0 cm³/mol. The molecule has 13 heavy (non-hydrogen) atoms. The first-order chi connectivity index (χ1) is 6.07. The highest BCUT2D eigenvalue weighted by molar-refractivity contribution is 5.48. The van der Waals surface area contributed by atoms with Gasteiger partial charge in [0.15, 0.2) is 0 Å². The van der Waals surface area contributed by atoms with Gasteiger partial charge in [0.2, 0.25) is 0 Å². The topological polar surface area (TPSA) is 29.9 Å². The number of aryl methyl sites for hydroxylation is 1. The first-order valence-corrected chi connectivity index (χ1v) is 4.90. The van der Waals surface area contributed by atoms with Crippen LogP contribution in [-0.4, -0.2) is 16.3 Å². The number of hydrogen-bond donors (Lipinski definition) is 1. The van der Waals surface area contributed by atoms with Crippen LogP contribution in [0.2, 0.25) is 0 Å². The Hall–Kier alpha value is -0.990. The molecule has 0 atom stereocenters. The van der Waals surface area contributed by atoms with Crippen LogP contribution in [0.3, 0.4) is 0 Å². The smallest absolute Gasteiger partial charge is 0.0856 e. The minimum absolute atomic E-state index is 0.0962. The number of rotatable bonds is 0. The molecule has 2 heterocycles. The summed E-state index contributed by atoms with van der Waals surface area (Å²) in [4.78, 5) is 0. The second-order valence-electron chi connectivity index (χ2n) is 4.64. The van der Waals surface area contributed by atoms with Gasteiger partial charge in [-0.05, 0) is 33.6 Å². The number of nitrogens with zero attached hydrogens (tertiary/aromatic N) is 2. The molecule has 0 aliphatic carbocycles. The number of nitrogens with one attached hydrogen (secondary N) is 1. The molecule has 0 radical (unpaired) electrons. The average molecular weight is 179 g/mol. The van der Waals surface area contributed by atoms with Gasteiger partial charge in [0, 0.05) is 12.7 Å². The fourth-order valence-electron chi connectivity index (χ4n) is 1.56. The zero-order chi connectivity index (χ0) is 9.47. The van der Waals surface area contributed by atoms with E-state index in [0.717, 1.165) is 13.0 Å². The predicted octanol–water partition coefficient (Wildman–Crippen LogP) is 2.00. The first kappa shape index (κ1) is 8.60. The molecule has 0 saturated carbocycles. The van der Waals surface area contributed by atoms with Gasteiger partial charge in [0.1, 0.15) is 0 Å². The van der Waals surface area contributed by atoms with E-state index >= 15 is 0 Å². The van der Waals surface area contributed by atoms with Crippen molar-refractivity contribution in [3.8, 4) is 0 Å². The van der Waals surface area contributed by atoms with Gasteiger partial charge in [0.05, 0.1) is 16.9 Å². The molecule has 0 spiro atoms. The molecular formula is C10H17N3. The van der Waals surface area contributed by atoms with Crippen molar-refractivity contribution in [1.29, 1.82) is 0 Å². The summed E-state index contributed by atoms with van der Waals surface area (Å²) in [5.41, 5.74) is 2.54. The summed E-state index contributed by atoms with van der Waals surface area (Å²) in [7, 11) is 0. The van der Waals surface area contributed by atoms with Gasteiger partial charge in [-0.25, -0.2) is 0 Å². The molecule has 0 amide bonds. The van der Waals surface area contributed by atoms with E-state index in [1.807, 2.05) is 0 Å². The molecule has 1 N–H and O–H groups in total. The number of hydrogen-bond acceptors (Lipinski definition) is 2. The van der Waals surface area contributed by atoms with Gasteiger partial charge >= 0.3 is 0 Å². The van der Waals surface area contributed by atoms with Crippen LogP contribution in [0.4, 0.5) is 5.69 Å². The summed E-state index contributed by atoms with van der Waals surface area (Å²) < 4.78 is 2.05. The summed E-state index contributed by atoms with van der Waals surface area (Å²) in [6.45, 7) is 7.60. The lowest BCUT2D eigenvalue weighted by Crippen LogP contribution is -2.22. The minimum atomic E-state index is 0.0962. The third-order valence-electron chi connectivity index (χ3n) is 2.38. The molecule has 0 fully saturated rings. The second-order valence-corrected chi connectivity index (χ2v) is 4.64. The van der Waals surface area contributed by atoms with Crippen LogP contribution in [0.1, 0.15) is 32.9 Å². The molecule has 0 unspecified atom stereocenters. The molecule has 1 aromatic heterocycles. The summed E-state index contributed by atoms with van der Waals surface area (Å²) in [5, 5.41) is 7.95. The van der Waals surface area contributed by atoms with Gasteiger partial charge in [0.25, 0.3) is 0 Å². The molecule has 2 rings (SSSR count). The molecule has 1 aliphatic rings. The van der Waals surface area contributed by atoms with Crippen molar-refractivity contribution in [1.82, 2.24) is 9.78 Å². The van der Waals surface area contributed by atoms with Gasteiger partial charge in [-0.1, -0.05) is 0 Å². The van der Waals surface area contributed by atoms with E-state index < -0.39 is 0 Å². The van der Waals surface area contributed by atoms with Crippen molar-refractivity contribution < 1.29 is 0 Å². The molecule has 1 aliphatic heterocycles. The van der Waals surface area contributed by atoms with Gasteiger partial charge in [-0.2, -0.15) is 5.10 Å². The summed E-state index contributed by atoms with van der Waals surface area (Å²) in [6.07, 6.45) is 4.44. The van der Waals surface area contributed by atoms with E-state index in [1.54, 1.807) is 0 Å². The molecule has 72 valence electrons. The van der Waals surface area contributed by atoms with E-state index in [2.05, 4.69) is 42.1 Å². The van der Waals surface area contributed by atoms with E-state index in [4.69, 9.17) is 0 Å². The normalized spacial score (nSPS) is 16.5. The lowest BCUT2D eigenvalue weighted by atomic mass is 10.1. The summed E-state index contributed by atoms with van der Waals surface area (Å²) in [5.74, 6) is 0. The SMILES string of the molecule is CC(C)(C)n1cc2c(n1)CCCN2. The third kappa shape index (κ3) is 1.55. The van der Waals surface area contributed by atoms with Crippen LogP contribution in [0.15, 0.2) is 6.20 Å². The Morgan fingerprint density at radius 3 is 2.85 bits per heavy atom. The van der Waals surface area contributed by atoms with Crippen LogP contribution in [0, 0.1) is 0 Å². The molecule has 3 nitrogen and oxygen atoms in total. The fraction of sp³-hybridized carbons (Fsp3) is 0.700. The molecular weight excluding hydrogens is 162 g/mol. The van der Waals surface area contributed by atoms with Crippen molar-refractivity contribution in [3.63, 3.8) is 0 Å². The Morgan fingerprint density at radius 2 is 2.23 bits per heavy atom. The van der Waals surface area contributed by atoms with Gasteiger partial charge in [-0.3, -0.25) is 4.68 Å². The van der Waals surface area contributed by atoms with E-state index in [-0.39, 0.29) is 5.54 Å². The van der Waals surface area contributed by atoms with Crippen LogP contribution < -0.4 is 5.32 Å². The molecule has 0 aromatic carbocycles. The Bertz CT molecular complexity index is 283. The monoisotopic (exact) mass is 179 g/mol. The maximum Gasteiger partial charge on any atom is 0.0856 e. The highest BCUT2D eigenvalue weighted by Crippen LogP contribution is 2.23. The van der Waals surface area contributed by atoms with E-state index in [0.29, 0.717) is 0 Å². The zero-order valence-corrected chi connectivity index (χ0v) is 8.59. The standard InChI is InChI=1S/C10H17N3/c1-10(2,3)13-7-9-8(12-13)5-4-6-11-9/h7,11H,4-6H2,1-3H3. The average Bonchev–Trinajstić information content (AvgIpc) is 2.45. The largest absolute Gasteiger partial charge is 0.382 e. The van der Waals surface area contributed by atoms with E-state index in [9.17, 15) is 0 Å². The van der Waals surface area contributed by atoms with Crippen LogP contribution in [-0.2, 0) is 12.0 Å². The van der Waals surface area contributed by atoms with E-state index in [1.165, 1.54) is 17.8 Å². The first-order valence-electron chi connectivity index (χ1n) is 4.90. The molecule has 0 saturated heterocycles. The zero-order valence-electron chi connectivity index (χ0n) is 8.59. The van der Waals surface area contributed by atoms with Crippen molar-refractivity contribution in [3.05, 3.63) is 11.9 Å². The van der Waals surface area contributed by atoms with Gasteiger partial charge in [-0.15, -0.1) is 0 Å². The van der Waals surface area contributed by atoms with Crippen molar-refractivity contribution in [2.75, 3.05) is 11.9 Å². The number of anilines is 1. The summed E-state index contributed by atoms with van der Waals surface area (Å²) in [6, 6.07) is 0. The number of fused-ring (bicyclic) bond motifs is 1. The van der Waals surface area contributed by atoms with Crippen molar-refractivity contribution in [2.24, 2.45) is 0 Å². The minimum Gasteiger partial charge on any atom is -0.382 e. The molecule has 1 aromatic rings. The Kier molecular flexibility index (Phi) is 1.82. The molecule has 0 bridgehead atoms. The van der Waals surface area contributed by atoms with Gasteiger partial charge < -0.3 is 5.32 Å². The van der Waals surface area contributed by atoms with Crippen LogP contribution >= 0.6 is 0 Å².